The Kier molecular flexibility index (Phi) is 10.4. The molecule has 2 N–H and O–H groups in total. The second-order valence-corrected chi connectivity index (χ2v) is 10.1. The number of nitrogens with zero attached hydrogens (tertiary/aromatic N) is 1. The maximum absolute atomic E-state index is 12.8. The van der Waals surface area contributed by atoms with Crippen molar-refractivity contribution in [1.29, 1.82) is 0 Å². The molecule has 3 aromatic carbocycles. The molecule has 1 atom stereocenters. The van der Waals surface area contributed by atoms with Gasteiger partial charge < -0.3 is 14.8 Å². The van der Waals surface area contributed by atoms with Gasteiger partial charge in [0.25, 0.3) is 5.91 Å². The van der Waals surface area contributed by atoms with Crippen LogP contribution >= 0.6 is 39.1 Å². The van der Waals surface area contributed by atoms with Gasteiger partial charge in [-0.1, -0.05) is 43.1 Å². The molecule has 0 bridgehead atoms. The molecule has 0 aliphatic rings. The number of nitrogens with one attached hydrogen (secondary N) is 2. The van der Waals surface area contributed by atoms with Crippen LogP contribution in [-0.2, 0) is 16.2 Å². The molecule has 2 amide bonds. The second kappa shape index (κ2) is 13.5. The number of ether oxygens (including phenoxy) is 2. The highest BCUT2D eigenvalue weighted by atomic mass is 79.9. The van der Waals surface area contributed by atoms with Crippen molar-refractivity contribution in [2.24, 2.45) is 16.9 Å². The summed E-state index contributed by atoms with van der Waals surface area (Å²) >= 11 is 15.6. The van der Waals surface area contributed by atoms with E-state index in [1.807, 2.05) is 6.07 Å². The Labute approximate surface area is 234 Å². The number of amides is 2. The molecule has 3 rings (SSSR count). The number of methoxy groups -OCH3 is 1. The molecule has 0 spiro atoms. The van der Waals surface area contributed by atoms with Crippen molar-refractivity contribution in [2.75, 3.05) is 12.4 Å². The van der Waals surface area contributed by atoms with E-state index in [0.29, 0.717) is 37.3 Å². The Balaban J connectivity index is 1.58. The first-order valence-electron chi connectivity index (χ1n) is 11.3. The van der Waals surface area contributed by atoms with Gasteiger partial charge in [0, 0.05) is 21.3 Å². The number of halogens is 3. The van der Waals surface area contributed by atoms with Gasteiger partial charge in [-0.3, -0.25) is 9.59 Å². The van der Waals surface area contributed by atoms with Crippen molar-refractivity contribution in [3.63, 3.8) is 0 Å². The predicted molar refractivity (Wildman–Crippen MR) is 151 cm³/mol. The number of hydrogen-bond donors (Lipinski definition) is 2. The average Bonchev–Trinajstić information content (AvgIpc) is 2.85. The summed E-state index contributed by atoms with van der Waals surface area (Å²) in [5, 5.41) is 7.88. The van der Waals surface area contributed by atoms with Crippen LogP contribution in [0.3, 0.4) is 0 Å². The van der Waals surface area contributed by atoms with E-state index in [1.54, 1.807) is 75.6 Å². The number of hydrazone groups is 1. The van der Waals surface area contributed by atoms with E-state index in [0.717, 1.165) is 5.56 Å². The molecule has 0 aliphatic carbocycles. The average molecular weight is 607 g/mol. The van der Waals surface area contributed by atoms with Crippen LogP contribution in [0.15, 0.2) is 70.2 Å². The normalized spacial score (nSPS) is 11.9. The zero-order valence-corrected chi connectivity index (χ0v) is 23.5. The van der Waals surface area contributed by atoms with Gasteiger partial charge in [0.1, 0.15) is 24.0 Å². The van der Waals surface area contributed by atoms with Crippen LogP contribution in [0, 0.1) is 11.8 Å². The number of carbonyl (C=O) groups is 2. The van der Waals surface area contributed by atoms with E-state index in [9.17, 15) is 9.59 Å². The summed E-state index contributed by atoms with van der Waals surface area (Å²) in [7, 11) is 1.56. The van der Waals surface area contributed by atoms with Gasteiger partial charge >= 0.3 is 0 Å². The molecule has 0 saturated carbocycles. The van der Waals surface area contributed by atoms with Crippen LogP contribution < -0.4 is 20.2 Å². The number of benzene rings is 3. The molecule has 10 heteroatoms. The summed E-state index contributed by atoms with van der Waals surface area (Å²) < 4.78 is 11.7. The van der Waals surface area contributed by atoms with Crippen molar-refractivity contribution in [3.8, 4) is 11.5 Å². The minimum atomic E-state index is -0.929. The molecule has 0 aliphatic heterocycles. The van der Waals surface area contributed by atoms with Gasteiger partial charge in [0.15, 0.2) is 0 Å². The monoisotopic (exact) mass is 605 g/mol. The van der Waals surface area contributed by atoms with E-state index >= 15 is 0 Å². The molecule has 7 nitrogen and oxygen atoms in total. The second-order valence-electron chi connectivity index (χ2n) is 8.39. The van der Waals surface area contributed by atoms with Crippen molar-refractivity contribution in [1.82, 2.24) is 5.43 Å². The first kappa shape index (κ1) is 28.5. The molecule has 1 unspecified atom stereocenters. The summed E-state index contributed by atoms with van der Waals surface area (Å²) in [6, 6.07) is 17.5. The summed E-state index contributed by atoms with van der Waals surface area (Å²) in [6.07, 6.45) is 1.49. The van der Waals surface area contributed by atoms with Gasteiger partial charge in [-0.05, 0) is 82.0 Å². The lowest BCUT2D eigenvalue weighted by molar-refractivity contribution is -0.134. The van der Waals surface area contributed by atoms with E-state index in [2.05, 4.69) is 31.8 Å². The van der Waals surface area contributed by atoms with Gasteiger partial charge in [0.2, 0.25) is 5.91 Å². The zero-order chi connectivity index (χ0) is 26.9. The lowest BCUT2D eigenvalue weighted by atomic mass is 9.94. The summed E-state index contributed by atoms with van der Waals surface area (Å²) in [5.74, 6) is -0.811. The topological polar surface area (TPSA) is 89.0 Å². The number of anilines is 1. The van der Waals surface area contributed by atoms with Crippen molar-refractivity contribution < 1.29 is 19.1 Å². The zero-order valence-electron chi connectivity index (χ0n) is 20.4. The quantitative estimate of drug-likeness (QED) is 0.153. The van der Waals surface area contributed by atoms with Gasteiger partial charge in [0.05, 0.1) is 17.8 Å². The lowest BCUT2D eigenvalue weighted by Crippen LogP contribution is -2.39. The molecule has 0 fully saturated rings. The lowest BCUT2D eigenvalue weighted by Gasteiger charge is -2.18. The van der Waals surface area contributed by atoms with E-state index < -0.39 is 17.7 Å². The maximum Gasteiger partial charge on any atom is 0.252 e. The summed E-state index contributed by atoms with van der Waals surface area (Å²) in [6.45, 7) is 3.87. The molecule has 194 valence electrons. The van der Waals surface area contributed by atoms with Crippen LogP contribution in [0.4, 0.5) is 5.69 Å². The van der Waals surface area contributed by atoms with Crippen LogP contribution in [0.1, 0.15) is 25.0 Å². The molecule has 0 saturated heterocycles. The molecule has 0 radical (unpaired) electrons. The smallest absolute Gasteiger partial charge is 0.252 e. The highest BCUT2D eigenvalue weighted by molar-refractivity contribution is 9.10. The van der Waals surface area contributed by atoms with Crippen LogP contribution in [0.5, 0.6) is 11.5 Å². The van der Waals surface area contributed by atoms with Crippen molar-refractivity contribution in [3.05, 3.63) is 86.3 Å². The first-order chi connectivity index (χ1) is 17.7. The Morgan fingerprint density at radius 1 is 1.03 bits per heavy atom. The Hall–Kier alpha value is -3.07. The molecule has 3 aromatic rings. The van der Waals surface area contributed by atoms with Gasteiger partial charge in [-0.15, -0.1) is 0 Å². The highest BCUT2D eigenvalue weighted by Gasteiger charge is 2.30. The molecular weight excluding hydrogens is 581 g/mol. The molecular formula is C27H26BrCl2N3O4. The van der Waals surface area contributed by atoms with E-state index in [1.165, 1.54) is 6.21 Å². The fraction of sp³-hybridized carbons (Fsp3) is 0.222. The standard InChI is InChI=1S/C27H26BrCl2N3O4/c1-16(2)25(26(34)32-20-7-9-21(36-3)10-8-20)27(35)33-31-14-17-4-11-24(22(28)12-17)37-15-18-5-6-19(29)13-23(18)30/h4-14,16,25H,15H2,1-3H3,(H,32,34)(H,33,35). The highest BCUT2D eigenvalue weighted by Crippen LogP contribution is 2.28. The first-order valence-corrected chi connectivity index (χ1v) is 12.9. The summed E-state index contributed by atoms with van der Waals surface area (Å²) in [5.41, 5.74) is 4.56. The molecule has 37 heavy (non-hydrogen) atoms. The van der Waals surface area contributed by atoms with Gasteiger partial charge in [-0.25, -0.2) is 5.43 Å². The third kappa shape index (κ3) is 8.21. The number of hydrogen-bond acceptors (Lipinski definition) is 5. The Morgan fingerprint density at radius 2 is 1.76 bits per heavy atom. The SMILES string of the molecule is COc1ccc(NC(=O)C(C(=O)NN=Cc2ccc(OCc3ccc(Cl)cc3Cl)c(Br)c2)C(C)C)cc1. The van der Waals surface area contributed by atoms with Gasteiger partial charge in [-0.2, -0.15) is 5.10 Å². The minimum Gasteiger partial charge on any atom is -0.497 e. The predicted octanol–water partition coefficient (Wildman–Crippen LogP) is 6.70. The van der Waals surface area contributed by atoms with Crippen LogP contribution in [0.2, 0.25) is 10.0 Å². The van der Waals surface area contributed by atoms with Crippen LogP contribution in [0.25, 0.3) is 0 Å². The van der Waals surface area contributed by atoms with E-state index in [4.69, 9.17) is 32.7 Å². The fourth-order valence-corrected chi connectivity index (χ4v) is 4.34. The Bertz CT molecular complexity index is 1280. The fourth-order valence-electron chi connectivity index (χ4n) is 3.37. The third-order valence-corrected chi connectivity index (χ3v) is 6.54. The number of rotatable bonds is 10. The van der Waals surface area contributed by atoms with Crippen molar-refractivity contribution >= 4 is 62.8 Å². The summed E-state index contributed by atoms with van der Waals surface area (Å²) in [4.78, 5) is 25.5. The largest absolute Gasteiger partial charge is 0.497 e. The molecule has 0 heterocycles. The maximum atomic E-state index is 12.8. The van der Waals surface area contributed by atoms with E-state index in [-0.39, 0.29) is 12.5 Å². The Morgan fingerprint density at radius 3 is 2.38 bits per heavy atom. The van der Waals surface area contributed by atoms with Crippen molar-refractivity contribution in [2.45, 2.75) is 20.5 Å². The number of carbonyl (C=O) groups excluding carboxylic acids is 2. The third-order valence-electron chi connectivity index (χ3n) is 5.33. The van der Waals surface area contributed by atoms with Crippen LogP contribution in [-0.4, -0.2) is 25.1 Å². The molecule has 0 aromatic heterocycles. The minimum absolute atomic E-state index is 0.242.